The van der Waals surface area contributed by atoms with E-state index in [0.29, 0.717) is 17.9 Å². The number of carboxylic acid groups (broad SMARTS) is 1. The van der Waals surface area contributed by atoms with Crippen LogP contribution in [0.4, 0.5) is 0 Å². The predicted octanol–water partition coefficient (Wildman–Crippen LogP) is 3.39. The van der Waals surface area contributed by atoms with Crippen LogP contribution in [0, 0.1) is 13.8 Å². The van der Waals surface area contributed by atoms with Gasteiger partial charge in [-0.05, 0) is 37.1 Å². The van der Waals surface area contributed by atoms with Gasteiger partial charge in [-0.25, -0.2) is 4.79 Å². The third-order valence-electron chi connectivity index (χ3n) is 3.50. The first-order chi connectivity index (χ1) is 10.5. The normalized spacial score (nSPS) is 11.8. The fourth-order valence-corrected chi connectivity index (χ4v) is 2.29. The Morgan fingerprint density at radius 3 is 2.50 bits per heavy atom. The highest BCUT2D eigenvalue weighted by Gasteiger charge is 2.21. The zero-order chi connectivity index (χ0) is 16.1. The SMILES string of the molecule is COc1cccc(O[C@H](Cc2ccc(C)cc2C)C(=O)O)c1. The molecule has 1 N–H and O–H groups in total. The summed E-state index contributed by atoms with van der Waals surface area (Å²) < 4.78 is 10.7. The molecule has 0 saturated carbocycles. The Labute approximate surface area is 130 Å². The van der Waals surface area contributed by atoms with Crippen molar-refractivity contribution in [1.29, 1.82) is 0 Å². The molecule has 0 aliphatic heterocycles. The molecule has 1 atom stereocenters. The van der Waals surface area contributed by atoms with Crippen molar-refractivity contribution < 1.29 is 19.4 Å². The quantitative estimate of drug-likeness (QED) is 0.888. The van der Waals surface area contributed by atoms with E-state index in [1.165, 1.54) is 0 Å². The maximum Gasteiger partial charge on any atom is 0.345 e. The molecule has 0 spiro atoms. The van der Waals surface area contributed by atoms with Crippen molar-refractivity contribution in [3.05, 3.63) is 59.2 Å². The third-order valence-corrected chi connectivity index (χ3v) is 3.50. The van der Waals surface area contributed by atoms with Crippen molar-refractivity contribution in [3.63, 3.8) is 0 Å². The number of carbonyl (C=O) groups is 1. The van der Waals surface area contributed by atoms with Crippen LogP contribution in [-0.2, 0) is 11.2 Å². The number of aliphatic carboxylic acids is 1. The van der Waals surface area contributed by atoms with Gasteiger partial charge < -0.3 is 14.6 Å². The number of methoxy groups -OCH3 is 1. The van der Waals surface area contributed by atoms with E-state index in [9.17, 15) is 9.90 Å². The Bertz CT molecular complexity index is 664. The monoisotopic (exact) mass is 300 g/mol. The van der Waals surface area contributed by atoms with Gasteiger partial charge in [0.05, 0.1) is 7.11 Å². The second-order valence-electron chi connectivity index (χ2n) is 5.26. The average molecular weight is 300 g/mol. The van der Waals surface area contributed by atoms with Crippen molar-refractivity contribution in [2.24, 2.45) is 0 Å². The van der Waals surface area contributed by atoms with Crippen LogP contribution in [-0.4, -0.2) is 24.3 Å². The minimum absolute atomic E-state index is 0.318. The fourth-order valence-electron chi connectivity index (χ4n) is 2.29. The van der Waals surface area contributed by atoms with Crippen LogP contribution in [0.2, 0.25) is 0 Å². The molecule has 0 aliphatic carbocycles. The van der Waals surface area contributed by atoms with Crippen LogP contribution < -0.4 is 9.47 Å². The Morgan fingerprint density at radius 2 is 1.86 bits per heavy atom. The van der Waals surface area contributed by atoms with Crippen LogP contribution >= 0.6 is 0 Å². The molecule has 4 heteroatoms. The summed E-state index contributed by atoms with van der Waals surface area (Å²) >= 11 is 0. The molecule has 2 aromatic carbocycles. The minimum atomic E-state index is -0.984. The first-order valence-electron chi connectivity index (χ1n) is 7.09. The standard InChI is InChI=1S/C18H20O4/c1-12-7-8-14(13(2)9-12)10-17(18(19)20)22-16-6-4-5-15(11-16)21-3/h4-9,11,17H,10H2,1-3H3,(H,19,20)/t17-/m1/s1. The molecular weight excluding hydrogens is 280 g/mol. The van der Waals surface area contributed by atoms with Crippen molar-refractivity contribution in [2.75, 3.05) is 7.11 Å². The van der Waals surface area contributed by atoms with Crippen LogP contribution in [0.3, 0.4) is 0 Å². The third kappa shape index (κ3) is 4.01. The van der Waals surface area contributed by atoms with E-state index in [1.807, 2.05) is 32.0 Å². The molecule has 0 bridgehead atoms. The van der Waals surface area contributed by atoms with Gasteiger partial charge in [0.1, 0.15) is 11.5 Å². The number of rotatable bonds is 6. The second-order valence-corrected chi connectivity index (χ2v) is 5.26. The summed E-state index contributed by atoms with van der Waals surface area (Å²) in [5.74, 6) is 0.132. The van der Waals surface area contributed by atoms with Crippen molar-refractivity contribution >= 4 is 5.97 Å². The Balaban J connectivity index is 2.17. The molecule has 0 fully saturated rings. The maximum atomic E-state index is 11.5. The summed E-state index contributed by atoms with van der Waals surface area (Å²) in [6.07, 6.45) is -0.618. The predicted molar refractivity (Wildman–Crippen MR) is 84.7 cm³/mol. The van der Waals surface area contributed by atoms with Crippen LogP contribution in [0.1, 0.15) is 16.7 Å². The van der Waals surface area contributed by atoms with Gasteiger partial charge in [0.25, 0.3) is 0 Å². The van der Waals surface area contributed by atoms with Gasteiger partial charge in [0.2, 0.25) is 0 Å². The van der Waals surface area contributed by atoms with E-state index in [4.69, 9.17) is 9.47 Å². The largest absolute Gasteiger partial charge is 0.497 e. The lowest BCUT2D eigenvalue weighted by Gasteiger charge is -2.17. The van der Waals surface area contributed by atoms with Crippen molar-refractivity contribution in [3.8, 4) is 11.5 Å². The van der Waals surface area contributed by atoms with Gasteiger partial charge in [-0.2, -0.15) is 0 Å². The second kappa shape index (κ2) is 6.98. The fraction of sp³-hybridized carbons (Fsp3) is 0.278. The summed E-state index contributed by atoms with van der Waals surface area (Å²) in [6.45, 7) is 3.99. The van der Waals surface area contributed by atoms with E-state index in [-0.39, 0.29) is 0 Å². The van der Waals surface area contributed by atoms with Gasteiger partial charge in [-0.3, -0.25) is 0 Å². The van der Waals surface area contributed by atoms with Gasteiger partial charge in [-0.1, -0.05) is 29.8 Å². The summed E-state index contributed by atoms with van der Waals surface area (Å²) in [7, 11) is 1.56. The molecule has 0 radical (unpaired) electrons. The number of hydrogen-bond donors (Lipinski definition) is 1. The smallest absolute Gasteiger partial charge is 0.345 e. The zero-order valence-electron chi connectivity index (χ0n) is 13.0. The van der Waals surface area contributed by atoms with Crippen molar-refractivity contribution in [1.82, 2.24) is 0 Å². The average Bonchev–Trinajstić information content (AvgIpc) is 2.49. The number of aryl methyl sites for hydroxylation is 2. The molecule has 0 heterocycles. The molecule has 0 aliphatic rings. The highest BCUT2D eigenvalue weighted by Crippen LogP contribution is 2.22. The molecule has 0 unspecified atom stereocenters. The number of hydrogen-bond acceptors (Lipinski definition) is 3. The first kappa shape index (κ1) is 15.9. The summed E-state index contributed by atoms with van der Waals surface area (Å²) in [6, 6.07) is 12.9. The van der Waals surface area contributed by atoms with Gasteiger partial charge >= 0.3 is 5.97 Å². The van der Waals surface area contributed by atoms with Crippen LogP contribution in [0.5, 0.6) is 11.5 Å². The molecular formula is C18H20O4. The topological polar surface area (TPSA) is 55.8 Å². The molecule has 0 amide bonds. The Kier molecular flexibility index (Phi) is 5.04. The van der Waals surface area contributed by atoms with Gasteiger partial charge in [0, 0.05) is 12.5 Å². The van der Waals surface area contributed by atoms with Gasteiger partial charge in [-0.15, -0.1) is 0 Å². The molecule has 0 saturated heterocycles. The first-order valence-corrected chi connectivity index (χ1v) is 7.09. The molecule has 0 aromatic heterocycles. The summed E-state index contributed by atoms with van der Waals surface area (Å²) in [5, 5.41) is 9.41. The van der Waals surface area contributed by atoms with E-state index in [2.05, 4.69) is 0 Å². The Hall–Kier alpha value is -2.49. The Morgan fingerprint density at radius 1 is 1.14 bits per heavy atom. The van der Waals surface area contributed by atoms with E-state index in [1.54, 1.807) is 31.4 Å². The number of carboxylic acids is 1. The molecule has 4 nitrogen and oxygen atoms in total. The van der Waals surface area contributed by atoms with E-state index in [0.717, 1.165) is 16.7 Å². The minimum Gasteiger partial charge on any atom is -0.497 e. The summed E-state index contributed by atoms with van der Waals surface area (Å²) in [5.41, 5.74) is 3.20. The lowest BCUT2D eigenvalue weighted by molar-refractivity contribution is -0.145. The highest BCUT2D eigenvalue weighted by molar-refractivity contribution is 5.73. The van der Waals surface area contributed by atoms with Crippen LogP contribution in [0.25, 0.3) is 0 Å². The van der Waals surface area contributed by atoms with E-state index >= 15 is 0 Å². The highest BCUT2D eigenvalue weighted by atomic mass is 16.5. The van der Waals surface area contributed by atoms with Crippen molar-refractivity contribution in [2.45, 2.75) is 26.4 Å². The van der Waals surface area contributed by atoms with Crippen LogP contribution in [0.15, 0.2) is 42.5 Å². The molecule has 116 valence electrons. The molecule has 2 aromatic rings. The number of ether oxygens (including phenoxy) is 2. The molecule has 2 rings (SSSR count). The maximum absolute atomic E-state index is 11.5. The summed E-state index contributed by atoms with van der Waals surface area (Å²) in [4.78, 5) is 11.5. The zero-order valence-corrected chi connectivity index (χ0v) is 13.0. The lowest BCUT2D eigenvalue weighted by Crippen LogP contribution is -2.29. The molecule has 22 heavy (non-hydrogen) atoms. The van der Waals surface area contributed by atoms with Gasteiger partial charge in [0.15, 0.2) is 6.10 Å². The lowest BCUT2D eigenvalue weighted by atomic mass is 10.0. The van der Waals surface area contributed by atoms with E-state index < -0.39 is 12.1 Å². The number of benzene rings is 2.